The monoisotopic (exact) mass is 368 g/mol. The van der Waals surface area contributed by atoms with Gasteiger partial charge in [-0.2, -0.15) is 0 Å². The fourth-order valence-corrected chi connectivity index (χ4v) is 4.76. The lowest BCUT2D eigenvalue weighted by atomic mass is 9.88. The van der Waals surface area contributed by atoms with Crippen molar-refractivity contribution in [1.29, 1.82) is 0 Å². The Kier molecular flexibility index (Phi) is 4.97. The minimum atomic E-state index is 0.0627. The van der Waals surface area contributed by atoms with Crippen molar-refractivity contribution < 1.29 is 4.79 Å². The fourth-order valence-electron chi connectivity index (χ4n) is 4.76. The molecule has 1 unspecified atom stereocenters. The number of hydrogen-bond donors (Lipinski definition) is 1. The van der Waals surface area contributed by atoms with Crippen LogP contribution in [0, 0.1) is 5.92 Å². The van der Waals surface area contributed by atoms with Crippen molar-refractivity contribution >= 4 is 16.9 Å². The maximum atomic E-state index is 12.0. The molecule has 1 amide bonds. The van der Waals surface area contributed by atoms with Gasteiger partial charge in [0.15, 0.2) is 0 Å². The molecule has 4 heterocycles. The van der Waals surface area contributed by atoms with Crippen LogP contribution in [0.1, 0.15) is 57.7 Å². The first-order chi connectivity index (χ1) is 12.9. The van der Waals surface area contributed by atoms with E-state index in [9.17, 15) is 4.79 Å². The number of pyridine rings is 1. The van der Waals surface area contributed by atoms with E-state index in [0.717, 1.165) is 51.2 Å². The van der Waals surface area contributed by atoms with Crippen molar-refractivity contribution in [3.63, 3.8) is 0 Å². The molecule has 0 spiro atoms. The Hall–Kier alpha value is -1.88. The van der Waals surface area contributed by atoms with E-state index in [0.29, 0.717) is 11.8 Å². The van der Waals surface area contributed by atoms with Gasteiger partial charge in [-0.3, -0.25) is 9.69 Å². The molecule has 5 heteroatoms. The zero-order chi connectivity index (χ0) is 19.0. The zero-order valence-electron chi connectivity index (χ0n) is 16.9. The predicted molar refractivity (Wildman–Crippen MR) is 109 cm³/mol. The number of piperidine rings is 1. The Morgan fingerprint density at radius 3 is 2.85 bits per heavy atom. The summed E-state index contributed by atoms with van der Waals surface area (Å²) in [6.45, 7) is 11.9. The van der Waals surface area contributed by atoms with E-state index in [4.69, 9.17) is 0 Å². The van der Waals surface area contributed by atoms with E-state index in [2.05, 4.69) is 46.6 Å². The summed E-state index contributed by atoms with van der Waals surface area (Å²) in [4.78, 5) is 24.8. The predicted octanol–water partition coefficient (Wildman–Crippen LogP) is 3.69. The third-order valence-electron chi connectivity index (χ3n) is 6.06. The standard InChI is InChI=1S/C22H32N4O/c1-22(2,3)20-18(17-8-4-10-23-21(17)24-20)15-25-11-5-7-16(13-25)14-26-12-6-9-19(26)27/h4,8,10,16H,5-7,9,11-15H2,1-3H3,(H,23,24). The molecule has 2 saturated heterocycles. The molecule has 0 saturated carbocycles. The zero-order valence-corrected chi connectivity index (χ0v) is 16.9. The van der Waals surface area contributed by atoms with Crippen LogP contribution in [0.5, 0.6) is 0 Å². The molecular weight excluding hydrogens is 336 g/mol. The summed E-state index contributed by atoms with van der Waals surface area (Å²) in [7, 11) is 0. The van der Waals surface area contributed by atoms with Crippen LogP contribution in [0.25, 0.3) is 11.0 Å². The number of fused-ring (bicyclic) bond motifs is 1. The molecule has 146 valence electrons. The number of carbonyl (C=O) groups is 1. The van der Waals surface area contributed by atoms with Crippen LogP contribution in [0.3, 0.4) is 0 Å². The number of H-pyrrole nitrogens is 1. The number of aromatic amines is 1. The molecule has 0 aromatic carbocycles. The fraction of sp³-hybridized carbons (Fsp3) is 0.636. The van der Waals surface area contributed by atoms with Gasteiger partial charge in [0.25, 0.3) is 0 Å². The SMILES string of the molecule is CC(C)(C)c1[nH]c2ncccc2c1CN1CCCC(CN2CCCC2=O)C1. The van der Waals surface area contributed by atoms with E-state index in [1.165, 1.54) is 29.5 Å². The van der Waals surface area contributed by atoms with Gasteiger partial charge in [0.2, 0.25) is 5.91 Å². The molecule has 4 rings (SSSR count). The van der Waals surface area contributed by atoms with E-state index in [-0.39, 0.29) is 5.41 Å². The van der Waals surface area contributed by atoms with Gasteiger partial charge in [-0.1, -0.05) is 20.8 Å². The molecule has 2 fully saturated rings. The van der Waals surface area contributed by atoms with E-state index in [1.807, 2.05) is 12.3 Å². The molecular formula is C22H32N4O. The Bertz CT molecular complexity index is 819. The summed E-state index contributed by atoms with van der Waals surface area (Å²) in [5, 5.41) is 1.25. The molecule has 1 N–H and O–H groups in total. The van der Waals surface area contributed by atoms with Crippen molar-refractivity contribution in [2.75, 3.05) is 26.2 Å². The molecule has 2 aliphatic rings. The molecule has 27 heavy (non-hydrogen) atoms. The first-order valence-electron chi connectivity index (χ1n) is 10.4. The Morgan fingerprint density at radius 2 is 2.11 bits per heavy atom. The summed E-state index contributed by atoms with van der Waals surface area (Å²) in [6, 6.07) is 4.22. The van der Waals surface area contributed by atoms with Crippen molar-refractivity contribution in [2.45, 2.75) is 58.4 Å². The smallest absolute Gasteiger partial charge is 0.222 e. The maximum Gasteiger partial charge on any atom is 0.222 e. The number of likely N-dealkylation sites (tertiary alicyclic amines) is 2. The average molecular weight is 369 g/mol. The van der Waals surface area contributed by atoms with Gasteiger partial charge in [-0.15, -0.1) is 0 Å². The first-order valence-corrected chi connectivity index (χ1v) is 10.4. The molecule has 1 atom stereocenters. The van der Waals surface area contributed by atoms with Crippen LogP contribution < -0.4 is 0 Å². The maximum absolute atomic E-state index is 12.0. The molecule has 0 radical (unpaired) electrons. The number of nitrogens with one attached hydrogen (secondary N) is 1. The van der Waals surface area contributed by atoms with Gasteiger partial charge in [0.1, 0.15) is 5.65 Å². The normalized spacial score (nSPS) is 22.1. The molecule has 0 bridgehead atoms. The van der Waals surface area contributed by atoms with Gasteiger partial charge in [0.05, 0.1) is 0 Å². The highest BCUT2D eigenvalue weighted by Crippen LogP contribution is 2.32. The largest absolute Gasteiger partial charge is 0.342 e. The van der Waals surface area contributed by atoms with Crippen molar-refractivity contribution in [1.82, 2.24) is 19.8 Å². The summed E-state index contributed by atoms with van der Waals surface area (Å²) < 4.78 is 0. The minimum absolute atomic E-state index is 0.0627. The van der Waals surface area contributed by atoms with Gasteiger partial charge in [0, 0.05) is 55.3 Å². The van der Waals surface area contributed by atoms with Gasteiger partial charge < -0.3 is 9.88 Å². The third kappa shape index (κ3) is 3.88. The number of amides is 1. The highest BCUT2D eigenvalue weighted by molar-refractivity contribution is 5.81. The lowest BCUT2D eigenvalue weighted by Crippen LogP contribution is -2.41. The molecule has 5 nitrogen and oxygen atoms in total. The molecule has 2 aliphatic heterocycles. The Balaban J connectivity index is 1.52. The lowest BCUT2D eigenvalue weighted by molar-refractivity contribution is -0.128. The second kappa shape index (κ2) is 7.27. The molecule has 2 aromatic heterocycles. The quantitative estimate of drug-likeness (QED) is 0.895. The van der Waals surface area contributed by atoms with Crippen molar-refractivity contribution in [2.24, 2.45) is 5.92 Å². The third-order valence-corrected chi connectivity index (χ3v) is 6.06. The number of aromatic nitrogens is 2. The number of rotatable bonds is 4. The Morgan fingerprint density at radius 1 is 1.26 bits per heavy atom. The summed E-state index contributed by atoms with van der Waals surface area (Å²) in [6.07, 6.45) is 6.10. The second-order valence-electron chi connectivity index (χ2n) is 9.31. The van der Waals surface area contributed by atoms with Crippen LogP contribution in [-0.2, 0) is 16.8 Å². The van der Waals surface area contributed by atoms with Crippen LogP contribution in [0.2, 0.25) is 0 Å². The van der Waals surface area contributed by atoms with E-state index in [1.54, 1.807) is 0 Å². The highest BCUT2D eigenvalue weighted by atomic mass is 16.2. The minimum Gasteiger partial charge on any atom is -0.342 e. The van der Waals surface area contributed by atoms with E-state index >= 15 is 0 Å². The summed E-state index contributed by atoms with van der Waals surface area (Å²) in [5.41, 5.74) is 3.75. The summed E-state index contributed by atoms with van der Waals surface area (Å²) >= 11 is 0. The van der Waals surface area contributed by atoms with Crippen molar-refractivity contribution in [3.05, 3.63) is 29.6 Å². The summed E-state index contributed by atoms with van der Waals surface area (Å²) in [5.74, 6) is 0.951. The first kappa shape index (κ1) is 18.5. The van der Waals surface area contributed by atoms with Crippen LogP contribution in [0.15, 0.2) is 18.3 Å². The average Bonchev–Trinajstić information content (AvgIpc) is 3.19. The van der Waals surface area contributed by atoms with E-state index < -0.39 is 0 Å². The number of carbonyl (C=O) groups excluding carboxylic acids is 1. The lowest BCUT2D eigenvalue weighted by Gasteiger charge is -2.35. The molecule has 2 aromatic rings. The van der Waals surface area contributed by atoms with Gasteiger partial charge in [-0.25, -0.2) is 4.98 Å². The molecule has 0 aliphatic carbocycles. The van der Waals surface area contributed by atoms with Crippen LogP contribution in [0.4, 0.5) is 0 Å². The van der Waals surface area contributed by atoms with Crippen LogP contribution in [-0.4, -0.2) is 51.9 Å². The topological polar surface area (TPSA) is 52.2 Å². The van der Waals surface area contributed by atoms with Crippen molar-refractivity contribution in [3.8, 4) is 0 Å². The highest BCUT2D eigenvalue weighted by Gasteiger charge is 2.29. The van der Waals surface area contributed by atoms with Crippen LogP contribution >= 0.6 is 0 Å². The van der Waals surface area contributed by atoms with Gasteiger partial charge in [-0.05, 0) is 49.4 Å². The number of nitrogens with zero attached hydrogens (tertiary/aromatic N) is 3. The number of hydrogen-bond acceptors (Lipinski definition) is 3. The van der Waals surface area contributed by atoms with Gasteiger partial charge >= 0.3 is 0 Å². The second-order valence-corrected chi connectivity index (χ2v) is 9.31. The Labute approximate surface area is 162 Å².